The highest BCUT2D eigenvalue weighted by molar-refractivity contribution is 7.89. The Bertz CT molecular complexity index is 944. The first kappa shape index (κ1) is 20.5. The summed E-state index contributed by atoms with van der Waals surface area (Å²) >= 11 is 0. The zero-order valence-corrected chi connectivity index (χ0v) is 17.6. The molecule has 7 heteroatoms. The minimum absolute atomic E-state index is 0.0841. The fraction of sp³-hybridized carbons (Fsp3) is 0.455. The molecule has 2 fully saturated rings. The van der Waals surface area contributed by atoms with Gasteiger partial charge in [-0.25, -0.2) is 12.8 Å². The summed E-state index contributed by atoms with van der Waals surface area (Å²) in [4.78, 5) is 4.97. The first-order valence-electron chi connectivity index (χ1n) is 10.2. The van der Waals surface area contributed by atoms with Gasteiger partial charge < -0.3 is 0 Å². The first-order chi connectivity index (χ1) is 13.9. The van der Waals surface area contributed by atoms with Gasteiger partial charge in [-0.3, -0.25) is 9.80 Å². The van der Waals surface area contributed by atoms with Crippen molar-refractivity contribution < 1.29 is 12.8 Å². The Balaban J connectivity index is 1.34. The van der Waals surface area contributed by atoms with Gasteiger partial charge in [-0.15, -0.1) is 0 Å². The Morgan fingerprint density at radius 3 is 2.45 bits per heavy atom. The molecule has 0 saturated carbocycles. The van der Waals surface area contributed by atoms with E-state index in [1.807, 2.05) is 6.07 Å². The van der Waals surface area contributed by atoms with Crippen molar-refractivity contribution in [2.24, 2.45) is 0 Å². The molecule has 4 rings (SSSR count). The van der Waals surface area contributed by atoms with Gasteiger partial charge in [0.05, 0.1) is 4.90 Å². The van der Waals surface area contributed by atoms with Crippen LogP contribution >= 0.6 is 0 Å². The summed E-state index contributed by atoms with van der Waals surface area (Å²) in [6, 6.07) is 14.9. The van der Waals surface area contributed by atoms with E-state index >= 15 is 0 Å². The second kappa shape index (κ2) is 8.52. The van der Waals surface area contributed by atoms with Crippen LogP contribution in [0.25, 0.3) is 0 Å². The number of benzene rings is 2. The van der Waals surface area contributed by atoms with E-state index in [1.54, 1.807) is 6.92 Å². The number of nitrogens with zero attached hydrogens (tertiary/aromatic N) is 3. The fourth-order valence-electron chi connectivity index (χ4n) is 4.40. The topological polar surface area (TPSA) is 43.9 Å². The molecule has 0 N–H and O–H groups in total. The van der Waals surface area contributed by atoms with Crippen molar-refractivity contribution in [3.05, 3.63) is 65.5 Å². The van der Waals surface area contributed by atoms with E-state index in [0.717, 1.165) is 45.2 Å². The first-order valence-corrected chi connectivity index (χ1v) is 11.6. The van der Waals surface area contributed by atoms with Crippen molar-refractivity contribution in [1.82, 2.24) is 14.1 Å². The summed E-state index contributed by atoms with van der Waals surface area (Å²) in [5.74, 6) is -0.516. The van der Waals surface area contributed by atoms with Crippen LogP contribution in [0.2, 0.25) is 0 Å². The molecule has 0 aliphatic carbocycles. The van der Waals surface area contributed by atoms with E-state index in [0.29, 0.717) is 24.7 Å². The third-order valence-electron chi connectivity index (χ3n) is 6.05. The number of sulfonamides is 1. The maximum absolute atomic E-state index is 13.6. The molecule has 0 radical (unpaired) electrons. The highest BCUT2D eigenvalue weighted by Crippen LogP contribution is 2.24. The molecule has 0 unspecified atom stereocenters. The van der Waals surface area contributed by atoms with E-state index in [-0.39, 0.29) is 4.90 Å². The summed E-state index contributed by atoms with van der Waals surface area (Å²) in [6.07, 6.45) is 1.11. The minimum atomic E-state index is -3.66. The fourth-order valence-corrected chi connectivity index (χ4v) is 6.05. The van der Waals surface area contributed by atoms with Crippen LogP contribution in [0.4, 0.5) is 4.39 Å². The molecular weight excluding hydrogens is 389 g/mol. The Hall–Kier alpha value is -1.80. The van der Waals surface area contributed by atoms with E-state index in [4.69, 9.17) is 0 Å². The van der Waals surface area contributed by atoms with Gasteiger partial charge in [-0.05, 0) is 36.6 Å². The number of hydrogen-bond donors (Lipinski definition) is 0. The number of hydrogen-bond acceptors (Lipinski definition) is 4. The van der Waals surface area contributed by atoms with Crippen LogP contribution in [0.3, 0.4) is 0 Å². The van der Waals surface area contributed by atoms with Gasteiger partial charge in [0.25, 0.3) is 0 Å². The molecule has 5 nitrogen and oxygen atoms in total. The van der Waals surface area contributed by atoms with Gasteiger partial charge in [-0.2, -0.15) is 4.31 Å². The Labute approximate surface area is 172 Å². The molecule has 2 aromatic carbocycles. The van der Waals surface area contributed by atoms with Gasteiger partial charge in [0.2, 0.25) is 10.0 Å². The summed E-state index contributed by atoms with van der Waals surface area (Å²) in [7, 11) is -3.66. The third-order valence-corrected chi connectivity index (χ3v) is 8.09. The number of likely N-dealkylation sites (tertiary alicyclic amines) is 1. The van der Waals surface area contributed by atoms with Crippen LogP contribution < -0.4 is 0 Å². The quantitative estimate of drug-likeness (QED) is 0.750. The SMILES string of the molecule is Cc1ccc(F)cc1S(=O)(=O)N1CCN([C@@H]2CCN(Cc3ccccc3)C2)CC1. The van der Waals surface area contributed by atoms with Gasteiger partial charge in [0, 0.05) is 51.9 Å². The lowest BCUT2D eigenvalue weighted by Gasteiger charge is -2.37. The zero-order valence-electron chi connectivity index (χ0n) is 16.8. The van der Waals surface area contributed by atoms with Gasteiger partial charge in [-0.1, -0.05) is 36.4 Å². The van der Waals surface area contributed by atoms with E-state index in [1.165, 1.54) is 22.0 Å². The molecule has 0 amide bonds. The lowest BCUT2D eigenvalue weighted by atomic mass is 10.2. The standard InChI is InChI=1S/C22H28FN3O2S/c1-18-7-8-20(23)15-22(18)29(27,28)26-13-11-25(12-14-26)21-9-10-24(17-21)16-19-5-3-2-4-6-19/h2-8,15,21H,9-14,16-17H2,1H3/t21-/m1/s1. The van der Waals surface area contributed by atoms with Crippen molar-refractivity contribution in [3.8, 4) is 0 Å². The molecule has 2 heterocycles. The lowest BCUT2D eigenvalue weighted by molar-refractivity contribution is 0.136. The molecule has 2 aliphatic rings. The van der Waals surface area contributed by atoms with Crippen molar-refractivity contribution in [3.63, 3.8) is 0 Å². The lowest BCUT2D eigenvalue weighted by Crippen LogP contribution is -2.52. The van der Waals surface area contributed by atoms with Gasteiger partial charge in [0.15, 0.2) is 0 Å². The van der Waals surface area contributed by atoms with E-state index in [9.17, 15) is 12.8 Å². The van der Waals surface area contributed by atoms with Gasteiger partial charge >= 0.3 is 0 Å². The van der Waals surface area contributed by atoms with Crippen LogP contribution in [0, 0.1) is 12.7 Å². The third kappa shape index (κ3) is 4.53. The molecule has 156 valence electrons. The molecule has 29 heavy (non-hydrogen) atoms. The van der Waals surface area contributed by atoms with Crippen LogP contribution in [-0.4, -0.2) is 67.8 Å². The summed E-state index contributed by atoms with van der Waals surface area (Å²) in [5.41, 5.74) is 1.91. The van der Waals surface area contributed by atoms with Crippen molar-refractivity contribution in [2.45, 2.75) is 30.8 Å². The molecule has 0 spiro atoms. The number of aryl methyl sites for hydroxylation is 1. The highest BCUT2D eigenvalue weighted by atomic mass is 32.2. The Kier molecular flexibility index (Phi) is 6.01. The summed E-state index contributed by atoms with van der Waals surface area (Å²) < 4.78 is 41.1. The molecule has 0 bridgehead atoms. The average molecular weight is 418 g/mol. The van der Waals surface area contributed by atoms with Crippen molar-refractivity contribution >= 4 is 10.0 Å². The highest BCUT2D eigenvalue weighted by Gasteiger charge is 2.34. The monoisotopic (exact) mass is 417 g/mol. The smallest absolute Gasteiger partial charge is 0.243 e. The van der Waals surface area contributed by atoms with Crippen LogP contribution in [0.1, 0.15) is 17.5 Å². The molecule has 2 aliphatic heterocycles. The van der Waals surface area contributed by atoms with Crippen LogP contribution in [-0.2, 0) is 16.6 Å². The van der Waals surface area contributed by atoms with Gasteiger partial charge in [0.1, 0.15) is 5.82 Å². The maximum Gasteiger partial charge on any atom is 0.243 e. The normalized spacial score (nSPS) is 22.2. The second-order valence-corrected chi connectivity index (χ2v) is 9.92. The molecule has 0 aromatic heterocycles. The summed E-state index contributed by atoms with van der Waals surface area (Å²) in [6.45, 7) is 7.11. The largest absolute Gasteiger partial charge is 0.297 e. The van der Waals surface area contributed by atoms with Crippen molar-refractivity contribution in [2.75, 3.05) is 39.3 Å². The molecular formula is C22H28FN3O2S. The second-order valence-electron chi connectivity index (χ2n) is 8.01. The average Bonchev–Trinajstić information content (AvgIpc) is 3.19. The predicted octanol–water partition coefficient (Wildman–Crippen LogP) is 2.71. The maximum atomic E-state index is 13.6. The summed E-state index contributed by atoms with van der Waals surface area (Å²) in [5, 5.41) is 0. The molecule has 2 aromatic rings. The number of halogens is 1. The van der Waals surface area contributed by atoms with Crippen LogP contribution in [0.15, 0.2) is 53.4 Å². The molecule has 1 atom stereocenters. The Morgan fingerprint density at radius 2 is 1.72 bits per heavy atom. The molecule has 2 saturated heterocycles. The Morgan fingerprint density at radius 1 is 1.00 bits per heavy atom. The minimum Gasteiger partial charge on any atom is -0.297 e. The zero-order chi connectivity index (χ0) is 20.4. The van der Waals surface area contributed by atoms with E-state index < -0.39 is 15.8 Å². The predicted molar refractivity (Wildman–Crippen MR) is 112 cm³/mol. The van der Waals surface area contributed by atoms with Crippen molar-refractivity contribution in [1.29, 1.82) is 0 Å². The van der Waals surface area contributed by atoms with Crippen LogP contribution in [0.5, 0.6) is 0 Å². The number of rotatable bonds is 5. The van der Waals surface area contributed by atoms with E-state index in [2.05, 4.69) is 34.1 Å². The number of piperazine rings is 1.